The number of halogens is 1. The molecule has 0 radical (unpaired) electrons. The second kappa shape index (κ2) is 9.08. The van der Waals surface area contributed by atoms with Crippen LogP contribution in [-0.4, -0.2) is 25.8 Å². The van der Waals surface area contributed by atoms with Gasteiger partial charge in [0.15, 0.2) is 11.5 Å². The monoisotopic (exact) mass is 370 g/mol. The maximum Gasteiger partial charge on any atom is 0.238 e. The Bertz CT molecular complexity index is 834. The molecule has 2 aromatic carbocycles. The molecule has 2 N–H and O–H groups in total. The predicted molar refractivity (Wildman–Crippen MR) is 104 cm³/mol. The van der Waals surface area contributed by atoms with Crippen LogP contribution < -0.4 is 20.1 Å². The summed E-state index contributed by atoms with van der Waals surface area (Å²) in [7, 11) is 0. The Morgan fingerprint density at radius 2 is 1.96 bits per heavy atom. The topological polar surface area (TPSA) is 59.6 Å². The SMILES string of the molecule is O=C(CNC/C=C/C=C/c1ccc2c(c1)OCO2)Nc1ccccc1Cl. The fraction of sp³-hybridized carbons (Fsp3) is 0.150. The number of carbonyl (C=O) groups excluding carboxylic acids is 1. The maximum absolute atomic E-state index is 11.8. The van der Waals surface area contributed by atoms with Crippen molar-refractivity contribution in [3.05, 3.63) is 71.3 Å². The largest absolute Gasteiger partial charge is 0.454 e. The second-order valence-corrected chi connectivity index (χ2v) is 5.97. The van der Waals surface area contributed by atoms with Gasteiger partial charge >= 0.3 is 0 Å². The molecule has 2 aromatic rings. The molecule has 0 unspecified atom stereocenters. The molecule has 134 valence electrons. The van der Waals surface area contributed by atoms with Gasteiger partial charge in [0.25, 0.3) is 0 Å². The minimum atomic E-state index is -0.137. The summed E-state index contributed by atoms with van der Waals surface area (Å²) in [6, 6.07) is 12.9. The lowest BCUT2D eigenvalue weighted by atomic mass is 10.2. The van der Waals surface area contributed by atoms with Crippen LogP contribution in [0.2, 0.25) is 5.02 Å². The van der Waals surface area contributed by atoms with Crippen molar-refractivity contribution in [1.82, 2.24) is 5.32 Å². The first-order chi connectivity index (χ1) is 12.7. The number of allylic oxidation sites excluding steroid dienone is 2. The maximum atomic E-state index is 11.8. The van der Waals surface area contributed by atoms with Crippen molar-refractivity contribution in [2.45, 2.75) is 0 Å². The van der Waals surface area contributed by atoms with E-state index in [0.29, 0.717) is 17.3 Å². The molecule has 0 bridgehead atoms. The average Bonchev–Trinajstić information content (AvgIpc) is 3.10. The van der Waals surface area contributed by atoms with Gasteiger partial charge in [-0.1, -0.05) is 54.1 Å². The van der Waals surface area contributed by atoms with Gasteiger partial charge in [0.05, 0.1) is 17.3 Å². The Kier molecular flexibility index (Phi) is 6.30. The molecule has 0 aromatic heterocycles. The van der Waals surface area contributed by atoms with Gasteiger partial charge in [-0.15, -0.1) is 0 Å². The van der Waals surface area contributed by atoms with Gasteiger partial charge in [-0.05, 0) is 29.8 Å². The van der Waals surface area contributed by atoms with E-state index in [4.69, 9.17) is 21.1 Å². The molecule has 26 heavy (non-hydrogen) atoms. The molecule has 0 fully saturated rings. The minimum absolute atomic E-state index is 0.137. The van der Waals surface area contributed by atoms with E-state index < -0.39 is 0 Å². The number of nitrogens with one attached hydrogen (secondary N) is 2. The van der Waals surface area contributed by atoms with Crippen LogP contribution >= 0.6 is 11.6 Å². The van der Waals surface area contributed by atoms with Crippen LogP contribution in [0.5, 0.6) is 11.5 Å². The summed E-state index contributed by atoms with van der Waals surface area (Å²) >= 11 is 6.00. The highest BCUT2D eigenvalue weighted by molar-refractivity contribution is 6.33. The summed E-state index contributed by atoms with van der Waals surface area (Å²) < 4.78 is 10.6. The highest BCUT2D eigenvalue weighted by atomic mass is 35.5. The zero-order valence-corrected chi connectivity index (χ0v) is 14.8. The molecule has 0 spiro atoms. The number of hydrogen-bond acceptors (Lipinski definition) is 4. The number of amides is 1. The Hall–Kier alpha value is -2.76. The summed E-state index contributed by atoms with van der Waals surface area (Å²) in [6.45, 7) is 1.07. The molecule has 5 nitrogen and oxygen atoms in total. The van der Waals surface area contributed by atoms with Gasteiger partial charge in [0, 0.05) is 6.54 Å². The first-order valence-electron chi connectivity index (χ1n) is 8.20. The van der Waals surface area contributed by atoms with Crippen LogP contribution in [0, 0.1) is 0 Å². The predicted octanol–water partition coefficient (Wildman–Crippen LogP) is 3.87. The Labute approximate surface area is 157 Å². The quantitative estimate of drug-likeness (QED) is 0.574. The van der Waals surface area contributed by atoms with Crippen molar-refractivity contribution < 1.29 is 14.3 Å². The summed E-state index contributed by atoms with van der Waals surface area (Å²) in [6.07, 6.45) is 7.77. The van der Waals surface area contributed by atoms with Gasteiger partial charge in [-0.3, -0.25) is 4.79 Å². The van der Waals surface area contributed by atoms with Crippen molar-refractivity contribution in [3.63, 3.8) is 0 Å². The molecule has 3 rings (SSSR count). The lowest BCUT2D eigenvalue weighted by Crippen LogP contribution is -2.28. The summed E-state index contributed by atoms with van der Waals surface area (Å²) in [4.78, 5) is 11.8. The van der Waals surface area contributed by atoms with Crippen molar-refractivity contribution in [2.75, 3.05) is 25.2 Å². The number of carbonyl (C=O) groups is 1. The molecule has 0 saturated heterocycles. The van der Waals surface area contributed by atoms with Crippen LogP contribution in [-0.2, 0) is 4.79 Å². The van der Waals surface area contributed by atoms with E-state index in [1.54, 1.807) is 12.1 Å². The van der Waals surface area contributed by atoms with Crippen molar-refractivity contribution in [3.8, 4) is 11.5 Å². The molecule has 0 aliphatic carbocycles. The fourth-order valence-corrected chi connectivity index (χ4v) is 2.54. The lowest BCUT2D eigenvalue weighted by molar-refractivity contribution is -0.115. The van der Waals surface area contributed by atoms with Gasteiger partial charge in [0.2, 0.25) is 12.7 Å². The van der Waals surface area contributed by atoms with E-state index in [1.807, 2.05) is 54.6 Å². The summed E-state index contributed by atoms with van der Waals surface area (Å²) in [5, 5.41) is 6.33. The Morgan fingerprint density at radius 3 is 2.85 bits per heavy atom. The van der Waals surface area contributed by atoms with E-state index in [1.165, 1.54) is 0 Å². The molecule has 1 heterocycles. The number of ether oxygens (including phenoxy) is 2. The highest BCUT2D eigenvalue weighted by Crippen LogP contribution is 2.32. The molecule has 0 atom stereocenters. The lowest BCUT2D eigenvalue weighted by Gasteiger charge is -2.06. The van der Waals surface area contributed by atoms with Crippen molar-refractivity contribution in [2.24, 2.45) is 0 Å². The Balaban J connectivity index is 1.37. The summed E-state index contributed by atoms with van der Waals surface area (Å²) in [5.41, 5.74) is 1.65. The molecule has 0 saturated carbocycles. The van der Waals surface area contributed by atoms with Crippen LogP contribution in [0.3, 0.4) is 0 Å². The third-order valence-electron chi connectivity index (χ3n) is 3.63. The molecule has 1 amide bonds. The molecule has 6 heteroatoms. The number of fused-ring (bicyclic) bond motifs is 1. The third kappa shape index (κ3) is 5.12. The fourth-order valence-electron chi connectivity index (χ4n) is 2.36. The van der Waals surface area contributed by atoms with Gasteiger partial charge in [-0.2, -0.15) is 0 Å². The van der Waals surface area contributed by atoms with E-state index in [0.717, 1.165) is 17.1 Å². The normalized spacial score (nSPS) is 12.8. The van der Waals surface area contributed by atoms with Gasteiger partial charge < -0.3 is 20.1 Å². The first kappa shape index (κ1) is 18.0. The molecular weight excluding hydrogens is 352 g/mol. The first-order valence-corrected chi connectivity index (χ1v) is 8.58. The number of benzene rings is 2. The smallest absolute Gasteiger partial charge is 0.238 e. The Morgan fingerprint density at radius 1 is 1.12 bits per heavy atom. The standard InChI is InChI=1S/C20H19ClN2O3/c21-16-7-3-4-8-17(16)23-20(24)13-22-11-5-1-2-6-15-9-10-18-19(12-15)26-14-25-18/h1-10,12,22H,11,13-14H2,(H,23,24)/b5-1+,6-2+. The van der Waals surface area contributed by atoms with E-state index in [2.05, 4.69) is 10.6 Å². The van der Waals surface area contributed by atoms with E-state index in [-0.39, 0.29) is 19.2 Å². The van der Waals surface area contributed by atoms with Crippen molar-refractivity contribution >= 4 is 29.3 Å². The van der Waals surface area contributed by atoms with Crippen LogP contribution in [0.25, 0.3) is 6.08 Å². The molecular formula is C20H19ClN2O3. The van der Waals surface area contributed by atoms with E-state index in [9.17, 15) is 4.79 Å². The molecule has 1 aliphatic rings. The van der Waals surface area contributed by atoms with Crippen molar-refractivity contribution in [1.29, 1.82) is 0 Å². The summed E-state index contributed by atoms with van der Waals surface area (Å²) in [5.74, 6) is 1.40. The van der Waals surface area contributed by atoms with Gasteiger partial charge in [-0.25, -0.2) is 0 Å². The average molecular weight is 371 g/mol. The second-order valence-electron chi connectivity index (χ2n) is 5.56. The minimum Gasteiger partial charge on any atom is -0.454 e. The molecule has 1 aliphatic heterocycles. The van der Waals surface area contributed by atoms with Crippen LogP contribution in [0.1, 0.15) is 5.56 Å². The third-order valence-corrected chi connectivity index (χ3v) is 3.96. The van der Waals surface area contributed by atoms with Crippen LogP contribution in [0.4, 0.5) is 5.69 Å². The number of para-hydroxylation sites is 1. The number of anilines is 1. The highest BCUT2D eigenvalue weighted by Gasteiger charge is 2.11. The van der Waals surface area contributed by atoms with Crippen LogP contribution in [0.15, 0.2) is 60.7 Å². The number of hydrogen-bond donors (Lipinski definition) is 2. The van der Waals surface area contributed by atoms with E-state index >= 15 is 0 Å². The zero-order valence-electron chi connectivity index (χ0n) is 14.1. The number of rotatable bonds is 7. The van der Waals surface area contributed by atoms with Gasteiger partial charge in [0.1, 0.15) is 0 Å². The zero-order chi connectivity index (χ0) is 18.2.